The summed E-state index contributed by atoms with van der Waals surface area (Å²) in [6.45, 7) is 5.89. The van der Waals surface area contributed by atoms with Crippen LogP contribution in [-0.2, 0) is 31.8 Å². The highest BCUT2D eigenvalue weighted by atomic mass is 19.1. The summed E-state index contributed by atoms with van der Waals surface area (Å²) in [5.74, 6) is -0.626. The highest BCUT2D eigenvalue weighted by Gasteiger charge is 2.25. The minimum absolute atomic E-state index is 0.0534. The van der Waals surface area contributed by atoms with E-state index >= 15 is 4.39 Å². The third-order valence-electron chi connectivity index (χ3n) is 4.23. The third kappa shape index (κ3) is 6.61. The van der Waals surface area contributed by atoms with Crippen LogP contribution in [0.5, 0.6) is 5.75 Å². The zero-order chi connectivity index (χ0) is 20.7. The first-order valence-corrected chi connectivity index (χ1v) is 9.46. The van der Waals surface area contributed by atoms with Gasteiger partial charge >= 0.3 is 5.97 Å². The predicted octanol–water partition coefficient (Wildman–Crippen LogP) is 2.39. The Kier molecular flexibility index (Phi) is 8.03. The van der Waals surface area contributed by atoms with Gasteiger partial charge in [-0.3, -0.25) is 4.79 Å². The number of carbonyl (C=O) groups excluding carboxylic acids is 1. The predicted molar refractivity (Wildman–Crippen MR) is 104 cm³/mol. The lowest BCUT2D eigenvalue weighted by Gasteiger charge is -2.25. The fourth-order valence-corrected chi connectivity index (χ4v) is 2.99. The number of rotatable bonds is 9. The smallest absolute Gasteiger partial charge is 0.325 e. The number of halogens is 1. The molecule has 0 aromatic heterocycles. The van der Waals surface area contributed by atoms with E-state index in [0.717, 1.165) is 12.0 Å². The summed E-state index contributed by atoms with van der Waals surface area (Å²) in [5.41, 5.74) is 6.94. The van der Waals surface area contributed by atoms with Gasteiger partial charge in [-0.05, 0) is 57.2 Å². The van der Waals surface area contributed by atoms with Crippen molar-refractivity contribution in [1.29, 1.82) is 0 Å². The first-order chi connectivity index (χ1) is 13.2. The molecule has 1 aromatic rings. The summed E-state index contributed by atoms with van der Waals surface area (Å²) in [4.78, 5) is 12.0. The van der Waals surface area contributed by atoms with Crippen LogP contribution in [0.15, 0.2) is 6.07 Å². The molecule has 0 radical (unpaired) electrons. The molecule has 0 saturated heterocycles. The minimum Gasteiger partial charge on any atom is -0.465 e. The quantitative estimate of drug-likeness (QED) is 0.375. The number of nitrogens with one attached hydrogen (secondary N) is 1. The largest absolute Gasteiger partial charge is 0.465 e. The number of ether oxygens (including phenoxy) is 4. The number of fused-ring (bicyclic) bond motifs is 1. The number of nitrogens with two attached hydrogens (primary N) is 1. The molecule has 1 aliphatic carbocycles. The van der Waals surface area contributed by atoms with Crippen molar-refractivity contribution in [2.75, 3.05) is 39.0 Å². The average Bonchev–Trinajstić information content (AvgIpc) is 2.60. The van der Waals surface area contributed by atoms with Crippen molar-refractivity contribution in [3.63, 3.8) is 0 Å². The van der Waals surface area contributed by atoms with Crippen LogP contribution in [0.25, 0.3) is 0 Å². The van der Waals surface area contributed by atoms with E-state index in [2.05, 4.69) is 5.32 Å². The fraction of sp³-hybridized carbons (Fsp3) is 0.650. The van der Waals surface area contributed by atoms with E-state index in [0.29, 0.717) is 37.4 Å². The van der Waals surface area contributed by atoms with Crippen molar-refractivity contribution in [3.05, 3.63) is 23.0 Å². The lowest BCUT2D eigenvalue weighted by atomic mass is 9.87. The van der Waals surface area contributed by atoms with E-state index in [9.17, 15) is 4.79 Å². The van der Waals surface area contributed by atoms with Crippen LogP contribution in [0, 0.1) is 5.82 Å². The van der Waals surface area contributed by atoms with Crippen molar-refractivity contribution >= 4 is 11.7 Å². The van der Waals surface area contributed by atoms with Crippen molar-refractivity contribution in [3.8, 4) is 5.75 Å². The van der Waals surface area contributed by atoms with E-state index in [1.54, 1.807) is 33.9 Å². The molecule has 0 heterocycles. The number of methoxy groups -OCH3 is 1. The topological polar surface area (TPSA) is 92.0 Å². The highest BCUT2D eigenvalue weighted by molar-refractivity contribution is 5.77. The van der Waals surface area contributed by atoms with Gasteiger partial charge < -0.3 is 30.0 Å². The lowest BCUT2D eigenvalue weighted by Crippen LogP contribution is -2.30. The molecule has 7 nitrogen and oxygen atoms in total. The van der Waals surface area contributed by atoms with Gasteiger partial charge in [-0.25, -0.2) is 4.39 Å². The molecule has 0 unspecified atom stereocenters. The van der Waals surface area contributed by atoms with Gasteiger partial charge in [-0.15, -0.1) is 0 Å². The zero-order valence-corrected chi connectivity index (χ0v) is 17.1. The SMILES string of the molecule is COCCOCOc1cc2c(c(F)c1NCC(=O)OC(C)(C)C)C[C@H](N)CC2. The van der Waals surface area contributed by atoms with E-state index in [1.165, 1.54) is 0 Å². The second kappa shape index (κ2) is 10.0. The molecule has 1 aromatic carbocycles. The number of hydrogen-bond acceptors (Lipinski definition) is 7. The number of carbonyl (C=O) groups is 1. The molecule has 1 aliphatic rings. The van der Waals surface area contributed by atoms with E-state index < -0.39 is 17.4 Å². The normalized spacial score (nSPS) is 16.4. The summed E-state index contributed by atoms with van der Waals surface area (Å²) < 4.78 is 36.3. The molecule has 0 saturated carbocycles. The van der Waals surface area contributed by atoms with Crippen LogP contribution in [0.2, 0.25) is 0 Å². The monoisotopic (exact) mass is 398 g/mol. The highest BCUT2D eigenvalue weighted by Crippen LogP contribution is 2.36. The minimum atomic E-state index is -0.617. The molecular formula is C20H31FN2O5. The maximum Gasteiger partial charge on any atom is 0.325 e. The van der Waals surface area contributed by atoms with Gasteiger partial charge in [-0.2, -0.15) is 0 Å². The van der Waals surface area contributed by atoms with E-state index in [1.807, 2.05) is 0 Å². The van der Waals surface area contributed by atoms with Gasteiger partial charge in [0.25, 0.3) is 0 Å². The molecule has 0 spiro atoms. The summed E-state index contributed by atoms with van der Waals surface area (Å²) in [5, 5.41) is 2.83. The Hall–Kier alpha value is -1.90. The molecule has 0 fully saturated rings. The van der Waals surface area contributed by atoms with Crippen molar-refractivity contribution in [2.24, 2.45) is 5.73 Å². The van der Waals surface area contributed by atoms with Crippen LogP contribution in [0.3, 0.4) is 0 Å². The second-order valence-electron chi connectivity index (χ2n) is 7.81. The Bertz CT molecular complexity index is 676. The van der Waals surface area contributed by atoms with Crippen LogP contribution >= 0.6 is 0 Å². The number of benzene rings is 1. The molecule has 1 atom stereocenters. The standard InChI is InChI=1S/C20H31FN2O5/c1-20(2,3)28-17(24)11-23-19-16(27-12-26-8-7-25-4)9-13-5-6-14(22)10-15(13)18(19)21/h9,14,23H,5-8,10-12,22H2,1-4H3/t14-/m1/s1. The third-order valence-corrected chi connectivity index (χ3v) is 4.23. The molecule has 0 aliphatic heterocycles. The Morgan fingerprint density at radius 2 is 2.11 bits per heavy atom. The van der Waals surface area contributed by atoms with Gasteiger partial charge in [0.15, 0.2) is 12.6 Å². The molecule has 28 heavy (non-hydrogen) atoms. The molecule has 158 valence electrons. The van der Waals surface area contributed by atoms with Crippen LogP contribution in [0.4, 0.5) is 10.1 Å². The molecule has 3 N–H and O–H groups in total. The first-order valence-electron chi connectivity index (χ1n) is 9.46. The number of hydrogen-bond donors (Lipinski definition) is 2. The number of esters is 1. The summed E-state index contributed by atoms with van der Waals surface area (Å²) in [7, 11) is 1.58. The number of anilines is 1. The van der Waals surface area contributed by atoms with E-state index in [4.69, 9.17) is 24.7 Å². The Morgan fingerprint density at radius 3 is 2.79 bits per heavy atom. The van der Waals surface area contributed by atoms with E-state index in [-0.39, 0.29) is 25.1 Å². The Balaban J connectivity index is 2.16. The fourth-order valence-electron chi connectivity index (χ4n) is 2.99. The molecule has 8 heteroatoms. The lowest BCUT2D eigenvalue weighted by molar-refractivity contribution is -0.152. The summed E-state index contributed by atoms with van der Waals surface area (Å²) >= 11 is 0. The van der Waals surface area contributed by atoms with Crippen LogP contribution in [0.1, 0.15) is 38.3 Å². The molecule has 2 rings (SSSR count). The second-order valence-corrected chi connectivity index (χ2v) is 7.81. The van der Waals surface area contributed by atoms with Crippen LogP contribution in [-0.4, -0.2) is 51.3 Å². The maximum absolute atomic E-state index is 15.2. The molecule has 0 bridgehead atoms. The molecular weight excluding hydrogens is 367 g/mol. The first kappa shape index (κ1) is 22.4. The Morgan fingerprint density at radius 1 is 1.36 bits per heavy atom. The average molecular weight is 398 g/mol. The van der Waals surface area contributed by atoms with Crippen molar-refractivity contribution < 1.29 is 28.1 Å². The van der Waals surface area contributed by atoms with Gasteiger partial charge in [0.2, 0.25) is 0 Å². The molecule has 0 amide bonds. The zero-order valence-electron chi connectivity index (χ0n) is 17.1. The maximum atomic E-state index is 15.2. The van der Waals surface area contributed by atoms with Crippen molar-refractivity contribution in [1.82, 2.24) is 0 Å². The summed E-state index contributed by atoms with van der Waals surface area (Å²) in [6.07, 6.45) is 1.93. The van der Waals surface area contributed by atoms with Crippen molar-refractivity contribution in [2.45, 2.75) is 51.7 Å². The van der Waals surface area contributed by atoms with Gasteiger partial charge in [0.05, 0.1) is 13.2 Å². The summed E-state index contributed by atoms with van der Waals surface area (Å²) in [6, 6.07) is 1.71. The van der Waals surface area contributed by atoms with Gasteiger partial charge in [0, 0.05) is 13.2 Å². The van der Waals surface area contributed by atoms with Crippen LogP contribution < -0.4 is 15.8 Å². The van der Waals surface area contributed by atoms with Gasteiger partial charge in [0.1, 0.15) is 23.6 Å². The Labute approximate surface area is 165 Å². The number of aryl methyl sites for hydroxylation is 1. The van der Waals surface area contributed by atoms with Gasteiger partial charge in [-0.1, -0.05) is 0 Å².